The Kier molecular flexibility index (Phi) is 6.10. The topological polar surface area (TPSA) is 62.6 Å². The summed E-state index contributed by atoms with van der Waals surface area (Å²) in [6.07, 6.45) is 1.16. The van der Waals surface area contributed by atoms with Crippen LogP contribution in [0.25, 0.3) is 0 Å². The Hall–Kier alpha value is -1.95. The average molecular weight is 322 g/mol. The molecule has 2 amide bonds. The molecule has 3 N–H and O–H groups in total. The maximum absolute atomic E-state index is 12.9. The SMILES string of the molecule is CC(C)CC[NH+]1CCNC(=O)[C@H]1CC(=O)Nc1ccc(F)cc1. The van der Waals surface area contributed by atoms with Crippen molar-refractivity contribution in [1.29, 1.82) is 0 Å². The van der Waals surface area contributed by atoms with Crippen molar-refractivity contribution in [3.63, 3.8) is 0 Å². The Bertz CT molecular complexity index is 545. The summed E-state index contributed by atoms with van der Waals surface area (Å²) in [5.74, 6) is -0.0647. The van der Waals surface area contributed by atoms with E-state index in [0.717, 1.165) is 24.4 Å². The van der Waals surface area contributed by atoms with Gasteiger partial charge in [0, 0.05) is 5.69 Å². The van der Waals surface area contributed by atoms with Gasteiger partial charge in [-0.25, -0.2) is 4.39 Å². The van der Waals surface area contributed by atoms with Crippen LogP contribution in [-0.4, -0.2) is 37.5 Å². The highest BCUT2D eigenvalue weighted by Crippen LogP contribution is 2.09. The van der Waals surface area contributed by atoms with Gasteiger partial charge >= 0.3 is 0 Å². The van der Waals surface area contributed by atoms with Crippen molar-refractivity contribution in [3.8, 4) is 0 Å². The quantitative estimate of drug-likeness (QED) is 0.718. The second-order valence-electron chi connectivity index (χ2n) is 6.44. The lowest BCUT2D eigenvalue weighted by Gasteiger charge is -2.32. The van der Waals surface area contributed by atoms with E-state index in [-0.39, 0.29) is 30.1 Å². The molecule has 1 fully saturated rings. The van der Waals surface area contributed by atoms with Crippen LogP contribution >= 0.6 is 0 Å². The number of rotatable bonds is 6. The van der Waals surface area contributed by atoms with Gasteiger partial charge in [0.1, 0.15) is 5.82 Å². The molecule has 126 valence electrons. The van der Waals surface area contributed by atoms with Crippen LogP contribution in [0.15, 0.2) is 24.3 Å². The minimum absolute atomic E-state index is 0.0655. The summed E-state index contributed by atoms with van der Waals surface area (Å²) in [6.45, 7) is 6.69. The highest BCUT2D eigenvalue weighted by molar-refractivity contribution is 5.94. The van der Waals surface area contributed by atoms with Crippen molar-refractivity contribution < 1.29 is 18.9 Å². The summed E-state index contributed by atoms with van der Waals surface area (Å²) >= 11 is 0. The van der Waals surface area contributed by atoms with E-state index >= 15 is 0 Å². The number of piperazine rings is 1. The second-order valence-corrected chi connectivity index (χ2v) is 6.44. The van der Waals surface area contributed by atoms with Crippen molar-refractivity contribution in [2.45, 2.75) is 32.7 Å². The van der Waals surface area contributed by atoms with E-state index in [4.69, 9.17) is 0 Å². The number of halogens is 1. The third-order valence-electron chi connectivity index (χ3n) is 4.11. The normalized spacial score (nSPS) is 21.1. The lowest BCUT2D eigenvalue weighted by Crippen LogP contribution is -3.19. The molecule has 1 aliphatic heterocycles. The zero-order valence-corrected chi connectivity index (χ0v) is 13.7. The van der Waals surface area contributed by atoms with Gasteiger partial charge in [0.15, 0.2) is 6.04 Å². The number of hydrogen-bond donors (Lipinski definition) is 3. The summed E-state index contributed by atoms with van der Waals surface area (Å²) < 4.78 is 12.9. The van der Waals surface area contributed by atoms with Crippen LogP contribution < -0.4 is 15.5 Å². The van der Waals surface area contributed by atoms with Crippen LogP contribution in [-0.2, 0) is 9.59 Å². The van der Waals surface area contributed by atoms with Crippen molar-refractivity contribution >= 4 is 17.5 Å². The molecule has 1 aliphatic rings. The first-order chi connectivity index (χ1) is 11.0. The highest BCUT2D eigenvalue weighted by atomic mass is 19.1. The van der Waals surface area contributed by atoms with Crippen LogP contribution in [0.1, 0.15) is 26.7 Å². The predicted molar refractivity (Wildman–Crippen MR) is 86.6 cm³/mol. The third-order valence-corrected chi connectivity index (χ3v) is 4.11. The molecule has 0 saturated carbocycles. The maximum atomic E-state index is 12.9. The molecule has 0 spiro atoms. The summed E-state index contributed by atoms with van der Waals surface area (Å²) in [5.41, 5.74) is 0.538. The molecule has 6 heteroatoms. The van der Waals surface area contributed by atoms with Gasteiger partial charge in [-0.05, 0) is 36.6 Å². The predicted octanol–water partition coefficient (Wildman–Crippen LogP) is 0.584. The molecule has 5 nitrogen and oxygen atoms in total. The van der Waals surface area contributed by atoms with Crippen LogP contribution in [0.3, 0.4) is 0 Å². The summed E-state index contributed by atoms with van der Waals surface area (Å²) in [5, 5.41) is 5.56. The van der Waals surface area contributed by atoms with E-state index in [1.807, 2.05) is 0 Å². The highest BCUT2D eigenvalue weighted by Gasteiger charge is 2.35. The van der Waals surface area contributed by atoms with Gasteiger partial charge in [-0.1, -0.05) is 13.8 Å². The molecule has 1 unspecified atom stereocenters. The molecule has 1 heterocycles. The van der Waals surface area contributed by atoms with Crippen molar-refractivity contribution in [2.75, 3.05) is 25.0 Å². The van der Waals surface area contributed by atoms with Gasteiger partial charge in [-0.2, -0.15) is 0 Å². The minimum atomic E-state index is -0.358. The fraction of sp³-hybridized carbons (Fsp3) is 0.529. The maximum Gasteiger partial charge on any atom is 0.279 e. The fourth-order valence-corrected chi connectivity index (χ4v) is 2.77. The summed E-state index contributed by atoms with van der Waals surface area (Å²) in [6, 6.07) is 5.25. The molecule has 0 aromatic heterocycles. The van der Waals surface area contributed by atoms with Gasteiger partial charge < -0.3 is 15.5 Å². The number of carbonyl (C=O) groups is 2. The van der Waals surface area contributed by atoms with Gasteiger partial charge in [-0.3, -0.25) is 9.59 Å². The number of benzene rings is 1. The molecule has 2 atom stereocenters. The monoisotopic (exact) mass is 322 g/mol. The first-order valence-corrected chi connectivity index (χ1v) is 8.13. The largest absolute Gasteiger partial charge is 0.345 e. The van der Waals surface area contributed by atoms with Gasteiger partial charge in [-0.15, -0.1) is 0 Å². The van der Waals surface area contributed by atoms with E-state index < -0.39 is 0 Å². The molecule has 1 aromatic carbocycles. The molecule has 0 bridgehead atoms. The van der Waals surface area contributed by atoms with Crippen LogP contribution in [0, 0.1) is 11.7 Å². The van der Waals surface area contributed by atoms with Crippen molar-refractivity contribution in [2.24, 2.45) is 5.92 Å². The number of hydrogen-bond acceptors (Lipinski definition) is 2. The lowest BCUT2D eigenvalue weighted by atomic mass is 10.1. The number of amides is 2. The number of carbonyl (C=O) groups excluding carboxylic acids is 2. The molecule has 2 rings (SSSR count). The Morgan fingerprint density at radius 3 is 2.74 bits per heavy atom. The van der Waals surface area contributed by atoms with Crippen LogP contribution in [0.4, 0.5) is 10.1 Å². The van der Waals surface area contributed by atoms with Crippen molar-refractivity contribution in [3.05, 3.63) is 30.1 Å². The van der Waals surface area contributed by atoms with Gasteiger partial charge in [0.05, 0.1) is 26.1 Å². The number of anilines is 1. The smallest absolute Gasteiger partial charge is 0.279 e. The second kappa shape index (κ2) is 8.06. The standard InChI is InChI=1S/C17H24FN3O2/c1-12(2)7-9-21-10-8-19-17(23)15(21)11-16(22)20-14-5-3-13(18)4-6-14/h3-6,12,15H,7-11H2,1-2H3,(H,19,23)(H,20,22)/p+1/t15-/m1/s1. The van der Waals surface area contributed by atoms with Gasteiger partial charge in [0.2, 0.25) is 5.91 Å². The molecular formula is C17H25FN3O2+. The molecule has 1 aromatic rings. The molecule has 1 saturated heterocycles. The summed E-state index contributed by atoms with van der Waals surface area (Å²) in [7, 11) is 0. The zero-order valence-electron chi connectivity index (χ0n) is 13.7. The molecular weight excluding hydrogens is 297 g/mol. The summed E-state index contributed by atoms with van der Waals surface area (Å²) in [4.78, 5) is 25.5. The first-order valence-electron chi connectivity index (χ1n) is 8.13. The minimum Gasteiger partial charge on any atom is -0.345 e. The van der Waals surface area contributed by atoms with E-state index in [2.05, 4.69) is 24.5 Å². The van der Waals surface area contributed by atoms with Crippen LogP contribution in [0.5, 0.6) is 0 Å². The van der Waals surface area contributed by atoms with Crippen LogP contribution in [0.2, 0.25) is 0 Å². The van der Waals surface area contributed by atoms with E-state index in [1.54, 1.807) is 0 Å². The first kappa shape index (κ1) is 17.4. The Morgan fingerprint density at radius 2 is 2.09 bits per heavy atom. The number of nitrogens with one attached hydrogen (secondary N) is 3. The van der Waals surface area contributed by atoms with E-state index in [0.29, 0.717) is 18.2 Å². The Labute approximate surface area is 136 Å². The molecule has 0 radical (unpaired) electrons. The van der Waals surface area contributed by atoms with Crippen molar-refractivity contribution in [1.82, 2.24) is 5.32 Å². The zero-order chi connectivity index (χ0) is 16.8. The lowest BCUT2D eigenvalue weighted by molar-refractivity contribution is -0.917. The third kappa shape index (κ3) is 5.32. The number of quaternary nitrogens is 1. The molecule has 23 heavy (non-hydrogen) atoms. The Balaban J connectivity index is 1.94. The van der Waals surface area contributed by atoms with E-state index in [9.17, 15) is 14.0 Å². The molecule has 0 aliphatic carbocycles. The van der Waals surface area contributed by atoms with E-state index in [1.165, 1.54) is 24.3 Å². The fourth-order valence-electron chi connectivity index (χ4n) is 2.77. The Morgan fingerprint density at radius 1 is 1.39 bits per heavy atom. The van der Waals surface area contributed by atoms with Gasteiger partial charge in [0.25, 0.3) is 5.91 Å². The average Bonchev–Trinajstić information content (AvgIpc) is 2.50.